The van der Waals surface area contributed by atoms with Gasteiger partial charge in [-0.15, -0.1) is 0 Å². The van der Waals surface area contributed by atoms with E-state index in [9.17, 15) is 0 Å². The molecule has 5 nitrogen and oxygen atoms in total. The molecule has 1 aliphatic rings. The van der Waals surface area contributed by atoms with E-state index in [0.29, 0.717) is 13.2 Å². The number of methoxy groups -OCH3 is 1. The first-order valence-corrected chi connectivity index (χ1v) is 5.88. The van der Waals surface area contributed by atoms with Crippen molar-refractivity contribution < 1.29 is 14.6 Å². The highest BCUT2D eigenvalue weighted by molar-refractivity contribution is 4.73. The molecule has 1 aliphatic heterocycles. The number of hydrogen-bond donors (Lipinski definition) is 1. The van der Waals surface area contributed by atoms with Gasteiger partial charge in [0.15, 0.2) is 0 Å². The van der Waals surface area contributed by atoms with Crippen LogP contribution < -0.4 is 0 Å². The zero-order chi connectivity index (χ0) is 11.8. The van der Waals surface area contributed by atoms with Gasteiger partial charge in [0, 0.05) is 39.8 Å². The predicted octanol–water partition coefficient (Wildman–Crippen LogP) is -0.742. The van der Waals surface area contributed by atoms with E-state index in [1.54, 1.807) is 7.11 Å². The first-order chi connectivity index (χ1) is 7.76. The van der Waals surface area contributed by atoms with Crippen LogP contribution in [0, 0.1) is 0 Å². The van der Waals surface area contributed by atoms with Crippen LogP contribution in [0.4, 0.5) is 0 Å². The smallest absolute Gasteiger partial charge is 0.0829 e. The zero-order valence-electron chi connectivity index (χ0n) is 10.4. The number of hydrogen-bond acceptors (Lipinski definition) is 5. The zero-order valence-corrected chi connectivity index (χ0v) is 10.4. The van der Waals surface area contributed by atoms with Crippen LogP contribution in [0.1, 0.15) is 0 Å². The molecule has 0 aromatic rings. The van der Waals surface area contributed by atoms with Gasteiger partial charge in [0.2, 0.25) is 0 Å². The number of likely N-dealkylation sites (N-methyl/N-ethyl adjacent to an activating group) is 1. The summed E-state index contributed by atoms with van der Waals surface area (Å²) in [5.41, 5.74) is 0. The second kappa shape index (κ2) is 7.97. The first kappa shape index (κ1) is 13.9. The van der Waals surface area contributed by atoms with E-state index in [-0.39, 0.29) is 12.7 Å². The van der Waals surface area contributed by atoms with Crippen molar-refractivity contribution >= 4 is 0 Å². The van der Waals surface area contributed by atoms with E-state index in [2.05, 4.69) is 16.8 Å². The first-order valence-electron chi connectivity index (χ1n) is 5.88. The minimum Gasteiger partial charge on any atom is -0.395 e. The van der Waals surface area contributed by atoms with Crippen molar-refractivity contribution in [2.75, 3.05) is 66.7 Å². The Morgan fingerprint density at radius 1 is 1.50 bits per heavy atom. The van der Waals surface area contributed by atoms with Crippen molar-refractivity contribution in [2.24, 2.45) is 0 Å². The Hall–Kier alpha value is -0.200. The maximum Gasteiger partial charge on any atom is 0.0829 e. The molecular formula is C11H24N2O3. The molecule has 1 heterocycles. The maximum absolute atomic E-state index is 8.98. The number of rotatable bonds is 7. The Morgan fingerprint density at radius 2 is 2.31 bits per heavy atom. The third-order valence-electron chi connectivity index (χ3n) is 2.83. The van der Waals surface area contributed by atoms with Crippen LogP contribution in [0.25, 0.3) is 0 Å². The minimum atomic E-state index is 0.187. The number of morpholine rings is 1. The molecule has 1 unspecified atom stereocenters. The van der Waals surface area contributed by atoms with E-state index in [0.717, 1.165) is 32.8 Å². The molecule has 1 N–H and O–H groups in total. The fraction of sp³-hybridized carbons (Fsp3) is 1.00. The highest BCUT2D eigenvalue weighted by Gasteiger charge is 2.20. The van der Waals surface area contributed by atoms with Crippen molar-refractivity contribution in [3.8, 4) is 0 Å². The fourth-order valence-electron chi connectivity index (χ4n) is 1.92. The van der Waals surface area contributed by atoms with Gasteiger partial charge in [-0.1, -0.05) is 0 Å². The summed E-state index contributed by atoms with van der Waals surface area (Å²) in [5, 5.41) is 8.98. The van der Waals surface area contributed by atoms with Gasteiger partial charge in [-0.25, -0.2) is 0 Å². The molecule has 1 atom stereocenters. The molecule has 0 aliphatic carbocycles. The quantitative estimate of drug-likeness (QED) is 0.626. The van der Waals surface area contributed by atoms with Gasteiger partial charge in [-0.3, -0.25) is 4.90 Å². The third kappa shape index (κ3) is 5.23. The van der Waals surface area contributed by atoms with E-state index >= 15 is 0 Å². The highest BCUT2D eigenvalue weighted by Crippen LogP contribution is 2.05. The minimum absolute atomic E-state index is 0.187. The largest absolute Gasteiger partial charge is 0.395 e. The van der Waals surface area contributed by atoms with Gasteiger partial charge in [-0.2, -0.15) is 0 Å². The number of aliphatic hydroxyl groups excluding tert-OH is 1. The molecule has 96 valence electrons. The van der Waals surface area contributed by atoms with E-state index in [1.807, 2.05) is 0 Å². The molecule has 0 aromatic heterocycles. The van der Waals surface area contributed by atoms with Crippen LogP contribution in [0.15, 0.2) is 0 Å². The van der Waals surface area contributed by atoms with Gasteiger partial charge in [0.05, 0.1) is 25.9 Å². The van der Waals surface area contributed by atoms with Crippen molar-refractivity contribution in [3.63, 3.8) is 0 Å². The molecule has 1 rings (SSSR count). The Morgan fingerprint density at radius 3 is 2.94 bits per heavy atom. The lowest BCUT2D eigenvalue weighted by atomic mass is 10.2. The van der Waals surface area contributed by atoms with Crippen molar-refractivity contribution in [1.82, 2.24) is 9.80 Å². The van der Waals surface area contributed by atoms with Crippen LogP contribution in [-0.2, 0) is 9.47 Å². The lowest BCUT2D eigenvalue weighted by Gasteiger charge is -2.33. The molecule has 16 heavy (non-hydrogen) atoms. The summed E-state index contributed by atoms with van der Waals surface area (Å²) in [6.07, 6.45) is 0.252. The lowest BCUT2D eigenvalue weighted by molar-refractivity contribution is -0.0392. The average molecular weight is 232 g/mol. The van der Waals surface area contributed by atoms with Crippen LogP contribution >= 0.6 is 0 Å². The molecule has 0 aromatic carbocycles. The van der Waals surface area contributed by atoms with Crippen molar-refractivity contribution in [3.05, 3.63) is 0 Å². The monoisotopic (exact) mass is 232 g/mol. The molecule has 1 fully saturated rings. The predicted molar refractivity (Wildman–Crippen MR) is 62.6 cm³/mol. The Kier molecular flexibility index (Phi) is 6.91. The summed E-state index contributed by atoms with van der Waals surface area (Å²) in [7, 11) is 3.81. The summed E-state index contributed by atoms with van der Waals surface area (Å²) < 4.78 is 10.8. The highest BCUT2D eigenvalue weighted by atomic mass is 16.5. The summed E-state index contributed by atoms with van der Waals surface area (Å²) in [5.74, 6) is 0. The molecular weight excluding hydrogens is 208 g/mol. The molecule has 0 radical (unpaired) electrons. The maximum atomic E-state index is 8.98. The van der Waals surface area contributed by atoms with Crippen LogP contribution in [0.2, 0.25) is 0 Å². The van der Waals surface area contributed by atoms with Gasteiger partial charge >= 0.3 is 0 Å². The second-order valence-corrected chi connectivity index (χ2v) is 4.27. The fourth-order valence-corrected chi connectivity index (χ4v) is 1.92. The summed E-state index contributed by atoms with van der Waals surface area (Å²) in [4.78, 5) is 4.47. The van der Waals surface area contributed by atoms with Crippen LogP contribution in [-0.4, -0.2) is 87.7 Å². The van der Waals surface area contributed by atoms with Gasteiger partial charge < -0.3 is 19.5 Å². The summed E-state index contributed by atoms with van der Waals surface area (Å²) in [6, 6.07) is 0. The average Bonchev–Trinajstić information content (AvgIpc) is 2.26. The summed E-state index contributed by atoms with van der Waals surface area (Å²) in [6.45, 7) is 6.07. The van der Waals surface area contributed by atoms with E-state index in [1.165, 1.54) is 0 Å². The Bertz CT molecular complexity index is 181. The standard InChI is InChI=1S/C11H24N2O3/c1-12-4-8-16-11(9-12)10-13(3-6-14)5-7-15-2/h11,14H,3-10H2,1-2H3. The normalized spacial score (nSPS) is 22.9. The second-order valence-electron chi connectivity index (χ2n) is 4.27. The number of nitrogens with zero attached hydrogens (tertiary/aromatic N) is 2. The van der Waals surface area contributed by atoms with Crippen LogP contribution in [0.3, 0.4) is 0 Å². The van der Waals surface area contributed by atoms with Crippen molar-refractivity contribution in [2.45, 2.75) is 6.10 Å². The van der Waals surface area contributed by atoms with E-state index in [4.69, 9.17) is 14.6 Å². The third-order valence-corrected chi connectivity index (χ3v) is 2.83. The molecule has 0 amide bonds. The molecule has 5 heteroatoms. The van der Waals surface area contributed by atoms with Gasteiger partial charge in [-0.05, 0) is 7.05 Å². The molecule has 0 spiro atoms. The SMILES string of the molecule is COCCN(CCO)CC1CN(C)CCO1. The number of ether oxygens (including phenoxy) is 2. The van der Waals surface area contributed by atoms with Crippen LogP contribution in [0.5, 0.6) is 0 Å². The molecule has 0 saturated carbocycles. The molecule has 1 saturated heterocycles. The molecule has 0 bridgehead atoms. The lowest BCUT2D eigenvalue weighted by Crippen LogP contribution is -2.47. The van der Waals surface area contributed by atoms with Gasteiger partial charge in [0.1, 0.15) is 0 Å². The van der Waals surface area contributed by atoms with Crippen molar-refractivity contribution in [1.29, 1.82) is 0 Å². The van der Waals surface area contributed by atoms with Gasteiger partial charge in [0.25, 0.3) is 0 Å². The summed E-state index contributed by atoms with van der Waals surface area (Å²) >= 11 is 0. The van der Waals surface area contributed by atoms with E-state index < -0.39 is 0 Å². The number of aliphatic hydroxyl groups is 1. The Labute approximate surface area is 97.9 Å². The topological polar surface area (TPSA) is 45.2 Å². The Balaban J connectivity index is 2.28.